The van der Waals surface area contributed by atoms with E-state index >= 15 is 0 Å². The fourth-order valence-corrected chi connectivity index (χ4v) is 1.71. The van der Waals surface area contributed by atoms with Gasteiger partial charge in [0, 0.05) is 6.04 Å². The standard InChI is InChI=1S/C13H19NO3/c1-8-4-5-11(12(16)6-8)13(17)14-9(2)7-10(3)15/h4-6,9-10,15-16H,7H2,1-3H3,(H,14,17). The summed E-state index contributed by atoms with van der Waals surface area (Å²) in [7, 11) is 0. The van der Waals surface area contributed by atoms with Crippen LogP contribution in [0.4, 0.5) is 0 Å². The molecule has 17 heavy (non-hydrogen) atoms. The van der Waals surface area contributed by atoms with Crippen molar-refractivity contribution in [2.75, 3.05) is 0 Å². The van der Waals surface area contributed by atoms with Gasteiger partial charge in [0.05, 0.1) is 11.7 Å². The summed E-state index contributed by atoms with van der Waals surface area (Å²) >= 11 is 0. The Hall–Kier alpha value is -1.55. The number of aliphatic hydroxyl groups excluding tert-OH is 1. The lowest BCUT2D eigenvalue weighted by atomic mass is 10.1. The van der Waals surface area contributed by atoms with Gasteiger partial charge in [-0.15, -0.1) is 0 Å². The third kappa shape index (κ3) is 4.07. The van der Waals surface area contributed by atoms with Crippen molar-refractivity contribution in [3.05, 3.63) is 29.3 Å². The lowest BCUT2D eigenvalue weighted by molar-refractivity contribution is 0.0920. The molecule has 0 saturated heterocycles. The second-order valence-electron chi connectivity index (χ2n) is 4.48. The molecule has 0 saturated carbocycles. The predicted octanol–water partition coefficient (Wildman–Crippen LogP) is 1.59. The van der Waals surface area contributed by atoms with Crippen LogP contribution in [0.5, 0.6) is 5.75 Å². The van der Waals surface area contributed by atoms with Crippen LogP contribution in [0.3, 0.4) is 0 Å². The minimum atomic E-state index is -0.461. The maximum Gasteiger partial charge on any atom is 0.255 e. The molecule has 0 bridgehead atoms. The van der Waals surface area contributed by atoms with Gasteiger partial charge in [-0.05, 0) is 44.9 Å². The Kier molecular flexibility index (Phi) is 4.52. The summed E-state index contributed by atoms with van der Waals surface area (Å²) in [4.78, 5) is 11.8. The highest BCUT2D eigenvalue weighted by Crippen LogP contribution is 2.18. The van der Waals surface area contributed by atoms with Crippen molar-refractivity contribution in [3.63, 3.8) is 0 Å². The highest BCUT2D eigenvalue weighted by molar-refractivity contribution is 5.97. The molecule has 0 radical (unpaired) electrons. The van der Waals surface area contributed by atoms with Gasteiger partial charge in [-0.25, -0.2) is 0 Å². The minimum Gasteiger partial charge on any atom is -0.507 e. The zero-order valence-corrected chi connectivity index (χ0v) is 10.4. The smallest absolute Gasteiger partial charge is 0.255 e. The van der Waals surface area contributed by atoms with Gasteiger partial charge in [0.25, 0.3) is 5.91 Å². The Balaban J connectivity index is 2.70. The molecule has 2 unspecified atom stereocenters. The van der Waals surface area contributed by atoms with Crippen molar-refractivity contribution in [3.8, 4) is 5.75 Å². The van der Waals surface area contributed by atoms with E-state index in [1.54, 1.807) is 25.1 Å². The molecule has 2 atom stereocenters. The summed E-state index contributed by atoms with van der Waals surface area (Å²) < 4.78 is 0. The maximum atomic E-state index is 11.8. The average molecular weight is 237 g/mol. The molecule has 4 nitrogen and oxygen atoms in total. The van der Waals surface area contributed by atoms with Gasteiger partial charge < -0.3 is 15.5 Å². The zero-order valence-electron chi connectivity index (χ0n) is 10.4. The van der Waals surface area contributed by atoms with Crippen molar-refractivity contribution in [1.82, 2.24) is 5.32 Å². The van der Waals surface area contributed by atoms with Gasteiger partial charge in [0.15, 0.2) is 0 Å². The first kappa shape index (κ1) is 13.5. The van der Waals surface area contributed by atoms with Crippen LogP contribution >= 0.6 is 0 Å². The Morgan fingerprint density at radius 1 is 1.41 bits per heavy atom. The van der Waals surface area contributed by atoms with Gasteiger partial charge in [-0.1, -0.05) is 6.07 Å². The summed E-state index contributed by atoms with van der Waals surface area (Å²) in [6.45, 7) is 5.33. The van der Waals surface area contributed by atoms with Crippen LogP contribution in [0.1, 0.15) is 36.2 Å². The first-order valence-corrected chi connectivity index (χ1v) is 5.68. The number of nitrogens with one attached hydrogen (secondary N) is 1. The third-order valence-corrected chi connectivity index (χ3v) is 2.47. The minimum absolute atomic E-state index is 0.0215. The molecule has 0 aliphatic rings. The highest BCUT2D eigenvalue weighted by Gasteiger charge is 2.14. The molecule has 0 aliphatic carbocycles. The second kappa shape index (κ2) is 5.68. The lowest BCUT2D eigenvalue weighted by Gasteiger charge is -2.15. The second-order valence-corrected chi connectivity index (χ2v) is 4.48. The lowest BCUT2D eigenvalue weighted by Crippen LogP contribution is -2.34. The Bertz CT molecular complexity index is 402. The topological polar surface area (TPSA) is 69.6 Å². The van der Waals surface area contributed by atoms with Gasteiger partial charge in [-0.3, -0.25) is 4.79 Å². The first-order valence-electron chi connectivity index (χ1n) is 5.68. The number of carbonyl (C=O) groups is 1. The summed E-state index contributed by atoms with van der Waals surface area (Å²) in [5.74, 6) is -0.345. The van der Waals surface area contributed by atoms with Crippen molar-refractivity contribution in [2.45, 2.75) is 39.3 Å². The molecule has 1 aromatic rings. The Morgan fingerprint density at radius 2 is 2.06 bits per heavy atom. The van der Waals surface area contributed by atoms with Crippen molar-refractivity contribution >= 4 is 5.91 Å². The number of amides is 1. The van der Waals surface area contributed by atoms with Crippen LogP contribution in [-0.4, -0.2) is 28.3 Å². The van der Waals surface area contributed by atoms with E-state index in [0.29, 0.717) is 6.42 Å². The van der Waals surface area contributed by atoms with Gasteiger partial charge in [0.1, 0.15) is 5.75 Å². The fourth-order valence-electron chi connectivity index (χ4n) is 1.71. The molecular formula is C13H19NO3. The average Bonchev–Trinajstić information content (AvgIpc) is 2.15. The van der Waals surface area contributed by atoms with Crippen molar-refractivity contribution in [1.29, 1.82) is 0 Å². The third-order valence-electron chi connectivity index (χ3n) is 2.47. The predicted molar refractivity (Wildman–Crippen MR) is 66.1 cm³/mol. The largest absolute Gasteiger partial charge is 0.507 e. The summed E-state index contributed by atoms with van der Waals surface area (Å²) in [5, 5.41) is 21.6. The van der Waals surface area contributed by atoms with E-state index in [2.05, 4.69) is 5.32 Å². The monoisotopic (exact) mass is 237 g/mol. The number of aromatic hydroxyl groups is 1. The molecule has 0 aromatic heterocycles. The summed E-state index contributed by atoms with van der Waals surface area (Å²) in [5.41, 5.74) is 1.16. The van der Waals surface area contributed by atoms with Gasteiger partial charge >= 0.3 is 0 Å². The molecule has 1 amide bonds. The van der Waals surface area contributed by atoms with Crippen molar-refractivity contribution in [2.24, 2.45) is 0 Å². The SMILES string of the molecule is Cc1ccc(C(=O)NC(C)CC(C)O)c(O)c1. The number of phenols is 1. The normalized spacial score (nSPS) is 14.1. The van der Waals surface area contributed by atoms with E-state index in [9.17, 15) is 15.0 Å². The molecule has 0 spiro atoms. The van der Waals surface area contributed by atoms with E-state index in [0.717, 1.165) is 5.56 Å². The molecule has 0 fully saturated rings. The number of benzene rings is 1. The van der Waals surface area contributed by atoms with E-state index < -0.39 is 6.10 Å². The number of rotatable bonds is 4. The van der Waals surface area contributed by atoms with E-state index in [1.807, 2.05) is 13.8 Å². The number of hydrogen-bond donors (Lipinski definition) is 3. The number of aryl methyl sites for hydroxylation is 1. The molecule has 0 aliphatic heterocycles. The van der Waals surface area contributed by atoms with Crippen LogP contribution in [0.2, 0.25) is 0 Å². The number of phenolic OH excluding ortho intramolecular Hbond substituents is 1. The van der Waals surface area contributed by atoms with Gasteiger partial charge in [0.2, 0.25) is 0 Å². The molecule has 94 valence electrons. The summed E-state index contributed by atoms with van der Waals surface area (Å²) in [6, 6.07) is 4.78. The highest BCUT2D eigenvalue weighted by atomic mass is 16.3. The first-order chi connectivity index (χ1) is 7.90. The summed E-state index contributed by atoms with van der Waals surface area (Å²) in [6.07, 6.45) is 0.0233. The Labute approximate surface area is 101 Å². The molecule has 3 N–H and O–H groups in total. The van der Waals surface area contributed by atoms with Crippen LogP contribution in [0, 0.1) is 6.92 Å². The molecule has 4 heteroatoms. The fraction of sp³-hybridized carbons (Fsp3) is 0.462. The number of aliphatic hydroxyl groups is 1. The van der Waals surface area contributed by atoms with E-state index in [4.69, 9.17) is 0 Å². The van der Waals surface area contributed by atoms with Crippen LogP contribution < -0.4 is 5.32 Å². The maximum absolute atomic E-state index is 11.8. The zero-order chi connectivity index (χ0) is 13.0. The van der Waals surface area contributed by atoms with Crippen molar-refractivity contribution < 1.29 is 15.0 Å². The quantitative estimate of drug-likeness (QED) is 0.744. The van der Waals surface area contributed by atoms with Crippen LogP contribution in [0.15, 0.2) is 18.2 Å². The Morgan fingerprint density at radius 3 is 2.59 bits per heavy atom. The molecule has 1 aromatic carbocycles. The number of carbonyl (C=O) groups excluding carboxylic acids is 1. The van der Waals surface area contributed by atoms with E-state index in [-0.39, 0.29) is 23.3 Å². The van der Waals surface area contributed by atoms with E-state index in [1.165, 1.54) is 0 Å². The number of hydrogen-bond acceptors (Lipinski definition) is 3. The van der Waals surface area contributed by atoms with Crippen LogP contribution in [0.25, 0.3) is 0 Å². The molecular weight excluding hydrogens is 218 g/mol. The van der Waals surface area contributed by atoms with Gasteiger partial charge in [-0.2, -0.15) is 0 Å². The molecule has 0 heterocycles. The molecule has 1 rings (SSSR count). The van der Waals surface area contributed by atoms with Crippen LogP contribution in [-0.2, 0) is 0 Å².